The summed E-state index contributed by atoms with van der Waals surface area (Å²) in [5.74, 6) is 0. The maximum absolute atomic E-state index is 5.43. The summed E-state index contributed by atoms with van der Waals surface area (Å²) in [6.45, 7) is 1.24. The van der Waals surface area contributed by atoms with Gasteiger partial charge in [0.1, 0.15) is 0 Å². The zero-order valence-electron chi connectivity index (χ0n) is 7.05. The summed E-state index contributed by atoms with van der Waals surface area (Å²) in [6.07, 6.45) is 4.70. The largest absolute Gasteiger partial charge is 0.393 e. The van der Waals surface area contributed by atoms with E-state index in [2.05, 4.69) is 11.9 Å². The Kier molecular flexibility index (Phi) is 3.27. The van der Waals surface area contributed by atoms with Crippen LogP contribution in [0.5, 0.6) is 0 Å². The van der Waals surface area contributed by atoms with Gasteiger partial charge in [-0.25, -0.2) is 0 Å². The molecule has 1 aliphatic rings. The third-order valence-corrected chi connectivity index (χ3v) is 2.60. The zero-order chi connectivity index (χ0) is 8.27. The lowest BCUT2D eigenvalue weighted by Crippen LogP contribution is -2.26. The minimum atomic E-state index is 0.658. The molecule has 0 amide bonds. The van der Waals surface area contributed by atoms with Crippen LogP contribution >= 0.6 is 12.2 Å². The summed E-state index contributed by atoms with van der Waals surface area (Å²) in [7, 11) is 2.18. The molecule has 1 unspecified atom stereocenters. The summed E-state index contributed by atoms with van der Waals surface area (Å²) in [4.78, 5) is 3.06. The van der Waals surface area contributed by atoms with Gasteiger partial charge in [0.2, 0.25) is 0 Å². The average molecular weight is 172 g/mol. The third kappa shape index (κ3) is 2.75. The molecule has 1 rings (SSSR count). The number of rotatable bonds is 3. The van der Waals surface area contributed by atoms with Gasteiger partial charge < -0.3 is 10.6 Å². The molecule has 0 aliphatic carbocycles. The second kappa shape index (κ2) is 4.02. The Balaban J connectivity index is 2.20. The highest BCUT2D eigenvalue weighted by atomic mass is 32.1. The van der Waals surface area contributed by atoms with Gasteiger partial charge in [0.25, 0.3) is 0 Å². The lowest BCUT2D eigenvalue weighted by molar-refractivity contribution is 0.300. The minimum Gasteiger partial charge on any atom is -0.393 e. The molecule has 1 fully saturated rings. The van der Waals surface area contributed by atoms with Crippen LogP contribution in [0.25, 0.3) is 0 Å². The number of likely N-dealkylation sites (tertiary alicyclic amines) is 1. The SMILES string of the molecule is CN1CCCC1CCC(N)=S. The Morgan fingerprint density at radius 1 is 1.73 bits per heavy atom. The van der Waals surface area contributed by atoms with Crippen molar-refractivity contribution in [1.82, 2.24) is 4.90 Å². The smallest absolute Gasteiger partial charge is 0.0727 e. The van der Waals surface area contributed by atoms with E-state index in [0.29, 0.717) is 4.99 Å². The fourth-order valence-corrected chi connectivity index (χ4v) is 1.77. The molecule has 0 spiro atoms. The number of nitrogens with zero attached hydrogens (tertiary/aromatic N) is 1. The van der Waals surface area contributed by atoms with Crippen LogP contribution in [0.4, 0.5) is 0 Å². The van der Waals surface area contributed by atoms with Crippen LogP contribution in [0, 0.1) is 0 Å². The van der Waals surface area contributed by atoms with Gasteiger partial charge in [-0.05, 0) is 39.3 Å². The Bertz CT molecular complexity index is 147. The Morgan fingerprint density at radius 3 is 2.91 bits per heavy atom. The monoisotopic (exact) mass is 172 g/mol. The fraction of sp³-hybridized carbons (Fsp3) is 0.875. The van der Waals surface area contributed by atoms with Crippen molar-refractivity contribution in [2.24, 2.45) is 5.73 Å². The van der Waals surface area contributed by atoms with E-state index >= 15 is 0 Å². The van der Waals surface area contributed by atoms with Crippen LogP contribution in [0.15, 0.2) is 0 Å². The van der Waals surface area contributed by atoms with Crippen molar-refractivity contribution in [3.05, 3.63) is 0 Å². The first-order valence-electron chi connectivity index (χ1n) is 4.18. The van der Waals surface area contributed by atoms with Crippen molar-refractivity contribution in [2.45, 2.75) is 31.7 Å². The quantitative estimate of drug-likeness (QED) is 0.647. The van der Waals surface area contributed by atoms with Crippen molar-refractivity contribution in [3.63, 3.8) is 0 Å². The number of nitrogens with two attached hydrogens (primary N) is 1. The van der Waals surface area contributed by atoms with Crippen molar-refractivity contribution in [1.29, 1.82) is 0 Å². The van der Waals surface area contributed by atoms with E-state index in [1.165, 1.54) is 19.4 Å². The highest BCUT2D eigenvalue weighted by molar-refractivity contribution is 7.80. The van der Waals surface area contributed by atoms with E-state index in [0.717, 1.165) is 18.9 Å². The Labute approximate surface area is 73.7 Å². The van der Waals surface area contributed by atoms with Gasteiger partial charge in [-0.1, -0.05) is 12.2 Å². The first kappa shape index (κ1) is 8.94. The molecular weight excluding hydrogens is 156 g/mol. The van der Waals surface area contributed by atoms with E-state index < -0.39 is 0 Å². The van der Waals surface area contributed by atoms with Crippen LogP contribution in [-0.4, -0.2) is 29.5 Å². The van der Waals surface area contributed by atoms with E-state index in [1.807, 2.05) is 0 Å². The molecule has 0 bridgehead atoms. The molecule has 1 saturated heterocycles. The zero-order valence-corrected chi connectivity index (χ0v) is 7.86. The van der Waals surface area contributed by atoms with Crippen molar-refractivity contribution < 1.29 is 0 Å². The first-order chi connectivity index (χ1) is 5.20. The molecule has 3 heteroatoms. The molecular formula is C8H16N2S. The molecule has 0 aromatic rings. The van der Waals surface area contributed by atoms with Crippen LogP contribution in [0.1, 0.15) is 25.7 Å². The van der Waals surface area contributed by atoms with Crippen molar-refractivity contribution in [3.8, 4) is 0 Å². The topological polar surface area (TPSA) is 29.3 Å². The average Bonchev–Trinajstić information content (AvgIpc) is 2.31. The predicted molar refractivity (Wildman–Crippen MR) is 51.7 cm³/mol. The molecule has 11 heavy (non-hydrogen) atoms. The maximum Gasteiger partial charge on any atom is 0.0727 e. The lowest BCUT2D eigenvalue weighted by atomic mass is 10.1. The summed E-state index contributed by atoms with van der Waals surface area (Å²) in [6, 6.07) is 0.733. The van der Waals surface area contributed by atoms with E-state index in [1.54, 1.807) is 0 Å². The molecule has 2 nitrogen and oxygen atoms in total. The van der Waals surface area contributed by atoms with Gasteiger partial charge in [0.15, 0.2) is 0 Å². The fourth-order valence-electron chi connectivity index (χ4n) is 1.65. The minimum absolute atomic E-state index is 0.658. The normalized spacial score (nSPS) is 25.7. The lowest BCUT2D eigenvalue weighted by Gasteiger charge is -2.18. The van der Waals surface area contributed by atoms with Gasteiger partial charge in [0.05, 0.1) is 4.99 Å². The maximum atomic E-state index is 5.43. The summed E-state index contributed by atoms with van der Waals surface area (Å²) in [5, 5.41) is 0. The standard InChI is InChI=1S/C8H16N2S/c1-10-6-2-3-7(10)4-5-8(9)11/h7H,2-6H2,1H3,(H2,9,11). The van der Waals surface area contributed by atoms with E-state index in [9.17, 15) is 0 Å². The molecule has 1 heterocycles. The van der Waals surface area contributed by atoms with Crippen LogP contribution < -0.4 is 5.73 Å². The predicted octanol–water partition coefficient (Wildman–Crippen LogP) is 1.15. The second-order valence-electron chi connectivity index (χ2n) is 3.28. The van der Waals surface area contributed by atoms with E-state index in [4.69, 9.17) is 18.0 Å². The van der Waals surface area contributed by atoms with Gasteiger partial charge in [-0.2, -0.15) is 0 Å². The third-order valence-electron chi connectivity index (χ3n) is 2.40. The number of hydrogen-bond acceptors (Lipinski definition) is 2. The van der Waals surface area contributed by atoms with Crippen molar-refractivity contribution in [2.75, 3.05) is 13.6 Å². The van der Waals surface area contributed by atoms with Gasteiger partial charge in [-0.3, -0.25) is 0 Å². The molecule has 0 saturated carbocycles. The summed E-state index contributed by atoms with van der Waals surface area (Å²) < 4.78 is 0. The Hall–Kier alpha value is -0.150. The van der Waals surface area contributed by atoms with Gasteiger partial charge >= 0.3 is 0 Å². The highest BCUT2D eigenvalue weighted by Crippen LogP contribution is 2.18. The Morgan fingerprint density at radius 2 is 2.45 bits per heavy atom. The number of thiocarbonyl (C=S) groups is 1. The van der Waals surface area contributed by atoms with Gasteiger partial charge in [-0.15, -0.1) is 0 Å². The number of hydrogen-bond donors (Lipinski definition) is 1. The van der Waals surface area contributed by atoms with E-state index in [-0.39, 0.29) is 0 Å². The molecule has 0 radical (unpaired) electrons. The highest BCUT2D eigenvalue weighted by Gasteiger charge is 2.19. The molecule has 1 atom stereocenters. The first-order valence-corrected chi connectivity index (χ1v) is 4.59. The molecule has 0 aromatic heterocycles. The van der Waals surface area contributed by atoms with Crippen LogP contribution in [0.2, 0.25) is 0 Å². The summed E-state index contributed by atoms with van der Waals surface area (Å²) >= 11 is 4.83. The molecule has 64 valence electrons. The van der Waals surface area contributed by atoms with Gasteiger partial charge in [0, 0.05) is 6.04 Å². The molecule has 2 N–H and O–H groups in total. The van der Waals surface area contributed by atoms with Crippen LogP contribution in [0.3, 0.4) is 0 Å². The summed E-state index contributed by atoms with van der Waals surface area (Å²) in [5.41, 5.74) is 5.43. The molecule has 1 aliphatic heterocycles. The van der Waals surface area contributed by atoms with Crippen molar-refractivity contribution >= 4 is 17.2 Å². The molecule has 0 aromatic carbocycles. The second-order valence-corrected chi connectivity index (χ2v) is 3.81. The van der Waals surface area contributed by atoms with Crippen LogP contribution in [-0.2, 0) is 0 Å².